The predicted molar refractivity (Wildman–Crippen MR) is 98.5 cm³/mol. The molecule has 0 bridgehead atoms. The number of rotatable bonds is 3. The number of aromatic amines is 1. The van der Waals surface area contributed by atoms with Crippen molar-refractivity contribution in [2.45, 2.75) is 0 Å². The van der Waals surface area contributed by atoms with Crippen molar-refractivity contribution in [3.8, 4) is 15.7 Å². The monoisotopic (exact) mass is 404 g/mol. The van der Waals surface area contributed by atoms with E-state index < -0.39 is 0 Å². The van der Waals surface area contributed by atoms with Crippen molar-refractivity contribution in [3.63, 3.8) is 0 Å². The Kier molecular flexibility index (Phi) is 3.51. The highest BCUT2D eigenvalue weighted by Crippen LogP contribution is 2.34. The Morgan fingerprint density at radius 2 is 2.13 bits per heavy atom. The summed E-state index contributed by atoms with van der Waals surface area (Å²) < 4.78 is 3.31. The van der Waals surface area contributed by atoms with Crippen LogP contribution in [0.4, 0.5) is 0 Å². The molecule has 0 atom stereocenters. The van der Waals surface area contributed by atoms with Gasteiger partial charge in [-0.1, -0.05) is 23.5 Å². The Bertz CT molecular complexity index is 1060. The van der Waals surface area contributed by atoms with E-state index in [1.54, 1.807) is 0 Å². The molecule has 0 aliphatic carbocycles. The lowest BCUT2D eigenvalue weighted by molar-refractivity contribution is 0.846. The molecular formula is C15H9BrN4OS2. The third kappa shape index (κ3) is 2.30. The molecule has 3 aromatic heterocycles. The van der Waals surface area contributed by atoms with E-state index >= 15 is 0 Å². The second-order valence-electron chi connectivity index (χ2n) is 4.75. The third-order valence-corrected chi connectivity index (χ3v) is 6.27. The zero-order valence-electron chi connectivity index (χ0n) is 11.5. The number of para-hydroxylation sites is 1. The van der Waals surface area contributed by atoms with E-state index in [0.29, 0.717) is 16.4 Å². The largest absolute Gasteiger partial charge is 0.308 e. The van der Waals surface area contributed by atoms with Gasteiger partial charge < -0.3 is 5.41 Å². The second kappa shape index (κ2) is 5.55. The molecule has 4 rings (SSSR count). The molecular weight excluding hydrogens is 396 g/mol. The standard InChI is InChI=1S/C15H9BrN4OS2/c16-9-5-6-22-13(9)12-8(7-17)14(21)20(19-12)15-18-10-3-1-2-4-11(10)23-15/h1-7,17,19H. The van der Waals surface area contributed by atoms with Crippen LogP contribution >= 0.6 is 38.6 Å². The summed E-state index contributed by atoms with van der Waals surface area (Å²) in [5, 5.41) is 13.2. The molecule has 8 heteroatoms. The highest BCUT2D eigenvalue weighted by molar-refractivity contribution is 9.10. The number of nitrogens with one attached hydrogen (secondary N) is 2. The van der Waals surface area contributed by atoms with Crippen molar-refractivity contribution in [1.82, 2.24) is 14.8 Å². The fourth-order valence-electron chi connectivity index (χ4n) is 2.32. The lowest BCUT2D eigenvalue weighted by Gasteiger charge is -1.97. The molecule has 114 valence electrons. The lowest BCUT2D eigenvalue weighted by atomic mass is 10.2. The summed E-state index contributed by atoms with van der Waals surface area (Å²) >= 11 is 6.41. The molecule has 0 amide bonds. The van der Waals surface area contributed by atoms with Gasteiger partial charge in [0.25, 0.3) is 5.56 Å². The van der Waals surface area contributed by atoms with Gasteiger partial charge in [-0.2, -0.15) is 4.68 Å². The molecule has 5 nitrogen and oxygen atoms in total. The lowest BCUT2D eigenvalue weighted by Crippen LogP contribution is -2.16. The number of benzene rings is 1. The summed E-state index contributed by atoms with van der Waals surface area (Å²) in [5.74, 6) is 0. The number of aromatic nitrogens is 3. The van der Waals surface area contributed by atoms with Crippen LogP contribution < -0.4 is 5.56 Å². The van der Waals surface area contributed by atoms with Gasteiger partial charge in [-0.15, -0.1) is 11.3 Å². The minimum absolute atomic E-state index is 0.269. The molecule has 23 heavy (non-hydrogen) atoms. The normalized spacial score (nSPS) is 11.2. The molecule has 0 fully saturated rings. The van der Waals surface area contributed by atoms with E-state index in [1.165, 1.54) is 27.4 Å². The number of fused-ring (bicyclic) bond motifs is 1. The molecule has 3 heterocycles. The molecule has 0 aliphatic rings. The van der Waals surface area contributed by atoms with Gasteiger partial charge in [0.1, 0.15) is 0 Å². The minimum atomic E-state index is -0.269. The summed E-state index contributed by atoms with van der Waals surface area (Å²) in [6.45, 7) is 0. The summed E-state index contributed by atoms with van der Waals surface area (Å²) in [6, 6.07) is 9.66. The number of hydrogen-bond acceptors (Lipinski definition) is 5. The molecule has 0 aliphatic heterocycles. The maximum absolute atomic E-state index is 12.6. The first-order valence-electron chi connectivity index (χ1n) is 6.64. The second-order valence-corrected chi connectivity index (χ2v) is 7.53. The molecule has 0 unspecified atom stereocenters. The average Bonchev–Trinajstić information content (AvgIpc) is 3.23. The van der Waals surface area contributed by atoms with Crippen LogP contribution in [0, 0.1) is 5.41 Å². The smallest absolute Gasteiger partial charge is 0.282 e. The SMILES string of the molecule is N=Cc1c(-c2sccc2Br)[nH]n(-c2nc3ccccc3s2)c1=O. The molecule has 2 N–H and O–H groups in total. The van der Waals surface area contributed by atoms with Crippen LogP contribution in [-0.2, 0) is 0 Å². The summed E-state index contributed by atoms with van der Waals surface area (Å²) in [6.07, 6.45) is 1.09. The molecule has 1 aromatic carbocycles. The van der Waals surface area contributed by atoms with Gasteiger partial charge in [-0.25, -0.2) is 4.98 Å². The fraction of sp³-hybridized carbons (Fsp3) is 0. The first-order valence-corrected chi connectivity index (χ1v) is 9.13. The maximum Gasteiger partial charge on any atom is 0.282 e. The van der Waals surface area contributed by atoms with Crippen molar-refractivity contribution >= 4 is 55.0 Å². The Balaban J connectivity index is 1.96. The number of H-pyrrole nitrogens is 1. The Labute approximate surface area is 146 Å². The van der Waals surface area contributed by atoms with Crippen molar-refractivity contribution in [3.05, 3.63) is 56.1 Å². The van der Waals surface area contributed by atoms with Gasteiger partial charge in [0.2, 0.25) is 5.13 Å². The first kappa shape index (κ1) is 14.6. The van der Waals surface area contributed by atoms with Gasteiger partial charge in [0, 0.05) is 10.7 Å². The Hall–Kier alpha value is -2.03. The van der Waals surface area contributed by atoms with Crippen LogP contribution in [0.15, 0.2) is 45.0 Å². The molecule has 0 saturated heterocycles. The number of thiophene rings is 1. The van der Waals surface area contributed by atoms with E-state index in [0.717, 1.165) is 25.8 Å². The van der Waals surface area contributed by atoms with Gasteiger partial charge >= 0.3 is 0 Å². The minimum Gasteiger partial charge on any atom is -0.308 e. The Morgan fingerprint density at radius 3 is 2.83 bits per heavy atom. The quantitative estimate of drug-likeness (QED) is 0.500. The number of hydrogen-bond donors (Lipinski definition) is 2. The van der Waals surface area contributed by atoms with E-state index in [-0.39, 0.29) is 5.56 Å². The first-order chi connectivity index (χ1) is 11.2. The average molecular weight is 405 g/mol. The highest BCUT2D eigenvalue weighted by Gasteiger charge is 2.19. The van der Waals surface area contributed by atoms with Crippen molar-refractivity contribution in [2.75, 3.05) is 0 Å². The molecule has 0 spiro atoms. The van der Waals surface area contributed by atoms with Crippen molar-refractivity contribution in [1.29, 1.82) is 5.41 Å². The van der Waals surface area contributed by atoms with Crippen molar-refractivity contribution in [2.24, 2.45) is 0 Å². The van der Waals surface area contributed by atoms with Crippen molar-refractivity contribution < 1.29 is 0 Å². The number of thiazole rings is 1. The molecule has 0 saturated carbocycles. The van der Waals surface area contributed by atoms with E-state index in [4.69, 9.17) is 5.41 Å². The van der Waals surface area contributed by atoms with Crippen LogP contribution in [-0.4, -0.2) is 21.0 Å². The maximum atomic E-state index is 12.6. The fourth-order valence-corrected chi connectivity index (χ4v) is 4.83. The van der Waals surface area contributed by atoms with E-state index in [2.05, 4.69) is 26.0 Å². The zero-order valence-corrected chi connectivity index (χ0v) is 14.8. The highest BCUT2D eigenvalue weighted by atomic mass is 79.9. The third-order valence-electron chi connectivity index (χ3n) is 3.39. The van der Waals surface area contributed by atoms with Gasteiger partial charge in [0.15, 0.2) is 0 Å². The van der Waals surface area contributed by atoms with E-state index in [9.17, 15) is 4.79 Å². The van der Waals surface area contributed by atoms with Crippen LogP contribution in [0.3, 0.4) is 0 Å². The van der Waals surface area contributed by atoms with Gasteiger partial charge in [-0.05, 0) is 39.5 Å². The predicted octanol–water partition coefficient (Wildman–Crippen LogP) is 4.26. The number of nitrogens with zero attached hydrogens (tertiary/aromatic N) is 2. The van der Waals surface area contributed by atoms with Crippen LogP contribution in [0.1, 0.15) is 5.56 Å². The summed E-state index contributed by atoms with van der Waals surface area (Å²) in [7, 11) is 0. The summed E-state index contributed by atoms with van der Waals surface area (Å²) in [5.41, 5.74) is 1.54. The van der Waals surface area contributed by atoms with Gasteiger partial charge in [0.05, 0.1) is 26.4 Å². The van der Waals surface area contributed by atoms with Crippen LogP contribution in [0.2, 0.25) is 0 Å². The topological polar surface area (TPSA) is 74.5 Å². The summed E-state index contributed by atoms with van der Waals surface area (Å²) in [4.78, 5) is 18.0. The van der Waals surface area contributed by atoms with Crippen LogP contribution in [0.5, 0.6) is 0 Å². The van der Waals surface area contributed by atoms with E-state index in [1.807, 2.05) is 35.7 Å². The zero-order chi connectivity index (χ0) is 16.0. The molecule has 4 aromatic rings. The molecule has 0 radical (unpaired) electrons. The van der Waals surface area contributed by atoms with Gasteiger partial charge in [-0.3, -0.25) is 9.89 Å². The van der Waals surface area contributed by atoms with Crippen LogP contribution in [0.25, 0.3) is 25.9 Å². The number of halogens is 1. The Morgan fingerprint density at radius 1 is 1.30 bits per heavy atom.